The smallest absolute Gasteiger partial charge is 0.318 e. The Balaban J connectivity index is 3.73. The van der Waals surface area contributed by atoms with Crippen molar-refractivity contribution in [1.29, 1.82) is 0 Å². The molecule has 17 heavy (non-hydrogen) atoms. The summed E-state index contributed by atoms with van der Waals surface area (Å²) in [7, 11) is 0. The van der Waals surface area contributed by atoms with E-state index in [1.165, 1.54) is 0 Å². The van der Waals surface area contributed by atoms with Gasteiger partial charge in [-0.05, 0) is 31.6 Å². The molecule has 100 valence electrons. The largest absolute Gasteiger partial charge is 0.396 e. The van der Waals surface area contributed by atoms with Crippen molar-refractivity contribution in [3.05, 3.63) is 11.8 Å². The van der Waals surface area contributed by atoms with E-state index in [4.69, 9.17) is 5.11 Å². The quantitative estimate of drug-likeness (QED) is 0.626. The predicted molar refractivity (Wildman–Crippen MR) is 70.7 cm³/mol. The van der Waals surface area contributed by atoms with E-state index >= 15 is 0 Å². The van der Waals surface area contributed by atoms with Crippen LogP contribution in [0.5, 0.6) is 0 Å². The number of carbonyl (C=O) groups is 1. The Kier molecular flexibility index (Phi) is 7.63. The summed E-state index contributed by atoms with van der Waals surface area (Å²) >= 11 is 0. The molecule has 0 bridgehead atoms. The van der Waals surface area contributed by atoms with Gasteiger partial charge in [0.15, 0.2) is 0 Å². The highest BCUT2D eigenvalue weighted by Crippen LogP contribution is 2.23. The number of urea groups is 1. The van der Waals surface area contributed by atoms with Gasteiger partial charge in [-0.25, -0.2) is 4.79 Å². The first-order chi connectivity index (χ1) is 7.88. The van der Waals surface area contributed by atoms with Crippen LogP contribution < -0.4 is 10.6 Å². The van der Waals surface area contributed by atoms with Crippen LogP contribution in [0.3, 0.4) is 0 Å². The van der Waals surface area contributed by atoms with Crippen LogP contribution in [-0.4, -0.2) is 24.3 Å². The highest BCUT2D eigenvalue weighted by Gasteiger charge is 2.12. The van der Waals surface area contributed by atoms with Crippen LogP contribution >= 0.6 is 0 Å². The molecule has 0 spiro atoms. The van der Waals surface area contributed by atoms with Gasteiger partial charge in [-0.15, -0.1) is 0 Å². The van der Waals surface area contributed by atoms with E-state index in [1.807, 2.05) is 6.92 Å². The Morgan fingerprint density at radius 3 is 2.41 bits per heavy atom. The Labute approximate surface area is 104 Å². The molecule has 0 aromatic carbocycles. The third-order valence-corrected chi connectivity index (χ3v) is 2.72. The van der Waals surface area contributed by atoms with Gasteiger partial charge in [0.1, 0.15) is 0 Å². The van der Waals surface area contributed by atoms with E-state index in [-0.39, 0.29) is 18.1 Å². The molecule has 0 heterocycles. The number of unbranched alkanes of at least 4 members (excludes halogenated alkanes) is 2. The summed E-state index contributed by atoms with van der Waals surface area (Å²) < 4.78 is 0. The molecule has 0 aliphatic heterocycles. The van der Waals surface area contributed by atoms with Crippen LogP contribution in [0.2, 0.25) is 0 Å². The van der Waals surface area contributed by atoms with Gasteiger partial charge in [-0.2, -0.15) is 0 Å². The maximum atomic E-state index is 11.4. The number of carbonyl (C=O) groups excluding carboxylic acids is 1. The first kappa shape index (κ1) is 16.0. The Morgan fingerprint density at radius 1 is 1.24 bits per heavy atom. The zero-order valence-corrected chi connectivity index (χ0v) is 11.5. The molecule has 0 aliphatic carbocycles. The van der Waals surface area contributed by atoms with E-state index in [9.17, 15) is 4.79 Å². The number of rotatable bonds is 6. The minimum absolute atomic E-state index is 0.0778. The van der Waals surface area contributed by atoms with E-state index in [2.05, 4.69) is 31.4 Å². The summed E-state index contributed by atoms with van der Waals surface area (Å²) in [5.41, 5.74) is 1.21. The number of allylic oxidation sites excluding steroid dienone is 1. The molecular formula is C13H26N2O2. The van der Waals surface area contributed by atoms with Gasteiger partial charge in [0.25, 0.3) is 0 Å². The zero-order valence-electron chi connectivity index (χ0n) is 11.5. The third-order valence-electron chi connectivity index (χ3n) is 2.72. The van der Waals surface area contributed by atoms with Crippen molar-refractivity contribution in [2.24, 2.45) is 5.41 Å². The predicted octanol–water partition coefficient (Wildman–Crippen LogP) is 2.40. The number of hydrogen-bond donors (Lipinski definition) is 3. The van der Waals surface area contributed by atoms with Crippen LogP contribution in [0.1, 0.15) is 47.0 Å². The number of nitrogens with one attached hydrogen (secondary N) is 2. The van der Waals surface area contributed by atoms with Crippen molar-refractivity contribution in [3.8, 4) is 0 Å². The van der Waals surface area contributed by atoms with Crippen LogP contribution in [-0.2, 0) is 0 Å². The molecule has 2 amide bonds. The first-order valence-corrected chi connectivity index (χ1v) is 6.20. The topological polar surface area (TPSA) is 61.4 Å². The van der Waals surface area contributed by atoms with Gasteiger partial charge in [-0.3, -0.25) is 0 Å². The third kappa shape index (κ3) is 8.74. The maximum absolute atomic E-state index is 11.4. The van der Waals surface area contributed by atoms with Gasteiger partial charge < -0.3 is 15.7 Å². The zero-order chi connectivity index (χ0) is 13.3. The SMILES string of the molecule is C/C(=C\NC(=O)NCCCCCO)C(C)(C)C. The lowest BCUT2D eigenvalue weighted by atomic mass is 9.88. The van der Waals surface area contributed by atoms with Crippen molar-refractivity contribution < 1.29 is 9.90 Å². The summed E-state index contributed by atoms with van der Waals surface area (Å²) in [6.07, 6.45) is 4.39. The normalized spacial score (nSPS) is 12.4. The van der Waals surface area contributed by atoms with Crippen LogP contribution in [0.25, 0.3) is 0 Å². The molecule has 0 unspecified atom stereocenters. The highest BCUT2D eigenvalue weighted by molar-refractivity contribution is 5.74. The minimum Gasteiger partial charge on any atom is -0.396 e. The molecule has 0 aromatic heterocycles. The molecule has 0 fully saturated rings. The van der Waals surface area contributed by atoms with Crippen LogP contribution in [0.4, 0.5) is 4.79 Å². The summed E-state index contributed by atoms with van der Waals surface area (Å²) in [5, 5.41) is 14.1. The number of amides is 2. The molecule has 0 saturated carbocycles. The Morgan fingerprint density at radius 2 is 1.88 bits per heavy atom. The molecular weight excluding hydrogens is 216 g/mol. The molecule has 0 radical (unpaired) electrons. The summed E-state index contributed by atoms with van der Waals surface area (Å²) in [5.74, 6) is 0. The lowest BCUT2D eigenvalue weighted by Crippen LogP contribution is -2.33. The standard InChI is InChI=1S/C13H26N2O2/c1-11(13(2,3)4)10-15-12(17)14-8-6-5-7-9-16/h10,16H,5-9H2,1-4H3,(H2,14,15,17)/b11-10+. The average Bonchev–Trinajstić information content (AvgIpc) is 2.24. The Bertz CT molecular complexity index is 255. The molecule has 0 saturated heterocycles. The van der Waals surface area contributed by atoms with E-state index in [1.54, 1.807) is 6.20 Å². The number of hydrogen-bond acceptors (Lipinski definition) is 2. The molecule has 3 N–H and O–H groups in total. The van der Waals surface area contributed by atoms with E-state index < -0.39 is 0 Å². The van der Waals surface area contributed by atoms with Crippen molar-refractivity contribution in [1.82, 2.24) is 10.6 Å². The minimum atomic E-state index is -0.169. The Hall–Kier alpha value is -1.03. The molecule has 4 heteroatoms. The van der Waals surface area contributed by atoms with Crippen LogP contribution in [0, 0.1) is 5.41 Å². The van der Waals surface area contributed by atoms with Crippen LogP contribution in [0.15, 0.2) is 11.8 Å². The molecule has 0 aliphatic rings. The number of aliphatic hydroxyl groups is 1. The maximum Gasteiger partial charge on any atom is 0.318 e. The van der Waals surface area contributed by atoms with Crippen molar-refractivity contribution in [3.63, 3.8) is 0 Å². The first-order valence-electron chi connectivity index (χ1n) is 6.20. The highest BCUT2D eigenvalue weighted by atomic mass is 16.2. The van der Waals surface area contributed by atoms with E-state index in [0.29, 0.717) is 6.54 Å². The van der Waals surface area contributed by atoms with E-state index in [0.717, 1.165) is 24.8 Å². The summed E-state index contributed by atoms with van der Waals surface area (Å²) in [4.78, 5) is 11.4. The van der Waals surface area contributed by atoms with Gasteiger partial charge >= 0.3 is 6.03 Å². The second-order valence-electron chi connectivity index (χ2n) is 5.26. The van der Waals surface area contributed by atoms with Crippen molar-refractivity contribution in [2.75, 3.05) is 13.2 Å². The molecule has 0 aromatic rings. The van der Waals surface area contributed by atoms with Gasteiger partial charge in [0.05, 0.1) is 0 Å². The lowest BCUT2D eigenvalue weighted by molar-refractivity contribution is 0.243. The second kappa shape index (κ2) is 8.12. The molecule has 0 atom stereocenters. The summed E-state index contributed by atoms with van der Waals surface area (Å²) in [6.45, 7) is 9.18. The lowest BCUT2D eigenvalue weighted by Gasteiger charge is -2.19. The van der Waals surface area contributed by atoms with Crippen molar-refractivity contribution in [2.45, 2.75) is 47.0 Å². The fourth-order valence-electron chi connectivity index (χ4n) is 1.06. The fraction of sp³-hybridized carbons (Fsp3) is 0.769. The summed E-state index contributed by atoms with van der Waals surface area (Å²) in [6, 6.07) is -0.169. The van der Waals surface area contributed by atoms with Gasteiger partial charge in [0.2, 0.25) is 0 Å². The average molecular weight is 242 g/mol. The van der Waals surface area contributed by atoms with Crippen molar-refractivity contribution >= 4 is 6.03 Å². The molecule has 0 rings (SSSR count). The monoisotopic (exact) mass is 242 g/mol. The second-order valence-corrected chi connectivity index (χ2v) is 5.26. The van der Waals surface area contributed by atoms with Gasteiger partial charge in [0, 0.05) is 19.4 Å². The fourth-order valence-corrected chi connectivity index (χ4v) is 1.06. The molecule has 4 nitrogen and oxygen atoms in total. The van der Waals surface area contributed by atoms with Gasteiger partial charge in [-0.1, -0.05) is 26.3 Å². The number of aliphatic hydroxyl groups excluding tert-OH is 1.